The van der Waals surface area contributed by atoms with Gasteiger partial charge in [0.15, 0.2) is 0 Å². The second kappa shape index (κ2) is 4.15. The maximum atomic E-state index is 11.7. The van der Waals surface area contributed by atoms with Crippen molar-refractivity contribution in [1.29, 1.82) is 5.26 Å². The molecular formula is C8H7F3N2O. The lowest BCUT2D eigenvalue weighted by Gasteiger charge is -2.05. The highest BCUT2D eigenvalue weighted by Gasteiger charge is 2.26. The molecule has 0 unspecified atom stereocenters. The second-order valence-electron chi connectivity index (χ2n) is 2.60. The van der Waals surface area contributed by atoms with Crippen molar-refractivity contribution in [2.45, 2.75) is 12.7 Å². The Labute approximate surface area is 78.1 Å². The van der Waals surface area contributed by atoms with Gasteiger partial charge >= 0.3 is 6.18 Å². The number of nitriles is 1. The van der Waals surface area contributed by atoms with Gasteiger partial charge in [-0.1, -0.05) is 0 Å². The standard InChI is InChI=1S/C8H7F3N2O/c9-8(10,11)5-13-4-7-2-1-6(3-12)14-7/h1-2,13H,4-5H2. The van der Waals surface area contributed by atoms with Gasteiger partial charge in [0, 0.05) is 0 Å². The van der Waals surface area contributed by atoms with E-state index in [1.54, 1.807) is 6.07 Å². The Balaban J connectivity index is 2.36. The fourth-order valence-corrected chi connectivity index (χ4v) is 0.860. The first-order valence-corrected chi connectivity index (χ1v) is 3.77. The van der Waals surface area contributed by atoms with Gasteiger partial charge in [0.05, 0.1) is 13.1 Å². The van der Waals surface area contributed by atoms with Crippen LogP contribution in [0.5, 0.6) is 0 Å². The van der Waals surface area contributed by atoms with Gasteiger partial charge in [0.2, 0.25) is 5.76 Å². The van der Waals surface area contributed by atoms with Crippen LogP contribution in [0.15, 0.2) is 16.5 Å². The van der Waals surface area contributed by atoms with Crippen LogP contribution in [0.1, 0.15) is 11.5 Å². The normalized spacial score (nSPS) is 11.3. The Morgan fingerprint density at radius 3 is 2.64 bits per heavy atom. The fraction of sp³-hybridized carbons (Fsp3) is 0.375. The molecule has 0 aliphatic rings. The third-order valence-electron chi connectivity index (χ3n) is 1.40. The SMILES string of the molecule is N#Cc1ccc(CNCC(F)(F)F)o1. The van der Waals surface area contributed by atoms with Gasteiger partial charge in [0.1, 0.15) is 11.8 Å². The number of alkyl halides is 3. The van der Waals surface area contributed by atoms with Crippen molar-refractivity contribution in [2.24, 2.45) is 0 Å². The Bertz CT molecular complexity index is 337. The molecule has 1 rings (SSSR count). The molecule has 0 saturated carbocycles. The van der Waals surface area contributed by atoms with Crippen LogP contribution in [0, 0.1) is 11.3 Å². The molecule has 1 N–H and O–H groups in total. The molecule has 1 aromatic heterocycles. The van der Waals surface area contributed by atoms with Crippen molar-refractivity contribution in [3.05, 3.63) is 23.7 Å². The topological polar surface area (TPSA) is 49.0 Å². The fourth-order valence-electron chi connectivity index (χ4n) is 0.860. The largest absolute Gasteiger partial charge is 0.449 e. The minimum Gasteiger partial charge on any atom is -0.449 e. The number of furan rings is 1. The number of rotatable bonds is 3. The third-order valence-corrected chi connectivity index (χ3v) is 1.40. The van der Waals surface area contributed by atoms with E-state index < -0.39 is 12.7 Å². The van der Waals surface area contributed by atoms with Gasteiger partial charge in [-0.05, 0) is 12.1 Å². The molecule has 1 heterocycles. The summed E-state index contributed by atoms with van der Waals surface area (Å²) in [6.45, 7) is -1.11. The summed E-state index contributed by atoms with van der Waals surface area (Å²) in [4.78, 5) is 0. The zero-order valence-corrected chi connectivity index (χ0v) is 7.06. The van der Waals surface area contributed by atoms with Crippen LogP contribution in [-0.4, -0.2) is 12.7 Å². The molecule has 0 fully saturated rings. The molecule has 6 heteroatoms. The van der Waals surface area contributed by atoms with E-state index in [0.29, 0.717) is 5.76 Å². The molecule has 0 spiro atoms. The predicted molar refractivity (Wildman–Crippen MR) is 41.2 cm³/mol. The summed E-state index contributed by atoms with van der Waals surface area (Å²) in [5.41, 5.74) is 0. The summed E-state index contributed by atoms with van der Waals surface area (Å²) in [5.74, 6) is 0.402. The molecule has 0 bridgehead atoms. The van der Waals surface area contributed by atoms with Crippen molar-refractivity contribution in [2.75, 3.05) is 6.54 Å². The summed E-state index contributed by atoms with van der Waals surface area (Å²) >= 11 is 0. The van der Waals surface area contributed by atoms with Gasteiger partial charge in [-0.2, -0.15) is 18.4 Å². The highest BCUT2D eigenvalue weighted by molar-refractivity contribution is 5.18. The van der Waals surface area contributed by atoms with Crippen LogP contribution in [0.4, 0.5) is 13.2 Å². The summed E-state index contributed by atoms with van der Waals surface area (Å²) in [5, 5.41) is 10.5. The summed E-state index contributed by atoms with van der Waals surface area (Å²) < 4.78 is 39.9. The first-order chi connectivity index (χ1) is 6.51. The van der Waals surface area contributed by atoms with Crippen molar-refractivity contribution in [1.82, 2.24) is 5.32 Å². The first kappa shape index (κ1) is 10.6. The monoisotopic (exact) mass is 204 g/mol. The van der Waals surface area contributed by atoms with E-state index in [1.165, 1.54) is 12.1 Å². The van der Waals surface area contributed by atoms with Gasteiger partial charge in [-0.25, -0.2) is 0 Å². The van der Waals surface area contributed by atoms with Gasteiger partial charge in [-0.3, -0.25) is 0 Å². The quantitative estimate of drug-likeness (QED) is 0.816. The smallest absolute Gasteiger partial charge is 0.401 e. The Morgan fingerprint density at radius 1 is 1.43 bits per heavy atom. The maximum absolute atomic E-state index is 11.7. The van der Waals surface area contributed by atoms with E-state index in [9.17, 15) is 13.2 Å². The van der Waals surface area contributed by atoms with Crippen molar-refractivity contribution in [3.63, 3.8) is 0 Å². The molecule has 3 nitrogen and oxygen atoms in total. The van der Waals surface area contributed by atoms with Crippen LogP contribution < -0.4 is 5.32 Å². The lowest BCUT2D eigenvalue weighted by Crippen LogP contribution is -2.28. The van der Waals surface area contributed by atoms with Crippen LogP contribution in [0.3, 0.4) is 0 Å². The van der Waals surface area contributed by atoms with Crippen molar-refractivity contribution >= 4 is 0 Å². The molecular weight excluding hydrogens is 197 g/mol. The molecule has 0 aliphatic heterocycles. The Kier molecular flexibility index (Phi) is 3.14. The third kappa shape index (κ3) is 3.49. The zero-order valence-electron chi connectivity index (χ0n) is 7.06. The van der Waals surface area contributed by atoms with Crippen molar-refractivity contribution in [3.8, 4) is 6.07 Å². The van der Waals surface area contributed by atoms with E-state index in [4.69, 9.17) is 9.68 Å². The second-order valence-corrected chi connectivity index (χ2v) is 2.60. The minimum atomic E-state index is -4.23. The van der Waals surface area contributed by atoms with Crippen LogP contribution >= 0.6 is 0 Å². The molecule has 0 saturated heterocycles. The Morgan fingerprint density at radius 2 is 2.14 bits per heavy atom. The average Bonchev–Trinajstić information content (AvgIpc) is 2.50. The van der Waals surface area contributed by atoms with Crippen LogP contribution in [0.25, 0.3) is 0 Å². The van der Waals surface area contributed by atoms with Crippen LogP contribution in [0.2, 0.25) is 0 Å². The summed E-state index contributed by atoms with van der Waals surface area (Å²) in [7, 11) is 0. The van der Waals surface area contributed by atoms with Crippen LogP contribution in [-0.2, 0) is 6.54 Å². The number of nitrogens with zero attached hydrogens (tertiary/aromatic N) is 1. The minimum absolute atomic E-state index is 0.0405. The number of hydrogen-bond donors (Lipinski definition) is 1. The number of nitrogens with one attached hydrogen (secondary N) is 1. The summed E-state index contributed by atoms with van der Waals surface area (Å²) in [6, 6.07) is 4.60. The molecule has 1 aromatic rings. The van der Waals surface area contributed by atoms with E-state index in [1.807, 2.05) is 0 Å². The maximum Gasteiger partial charge on any atom is 0.401 e. The molecule has 76 valence electrons. The first-order valence-electron chi connectivity index (χ1n) is 3.77. The molecule has 0 atom stereocenters. The lowest BCUT2D eigenvalue weighted by atomic mass is 10.4. The van der Waals surface area contributed by atoms with E-state index >= 15 is 0 Å². The van der Waals surface area contributed by atoms with Gasteiger partial charge < -0.3 is 9.73 Å². The highest BCUT2D eigenvalue weighted by atomic mass is 19.4. The van der Waals surface area contributed by atoms with Gasteiger partial charge in [-0.15, -0.1) is 0 Å². The summed E-state index contributed by atoms with van der Waals surface area (Å²) in [6.07, 6.45) is -4.23. The lowest BCUT2D eigenvalue weighted by molar-refractivity contribution is -0.125. The van der Waals surface area contributed by atoms with E-state index in [-0.39, 0.29) is 12.3 Å². The van der Waals surface area contributed by atoms with Gasteiger partial charge in [0.25, 0.3) is 0 Å². The highest BCUT2D eigenvalue weighted by Crippen LogP contribution is 2.13. The Hall–Kier alpha value is -1.48. The molecule has 0 radical (unpaired) electrons. The van der Waals surface area contributed by atoms with E-state index in [0.717, 1.165) is 0 Å². The number of hydrogen-bond acceptors (Lipinski definition) is 3. The molecule has 0 amide bonds. The molecule has 14 heavy (non-hydrogen) atoms. The van der Waals surface area contributed by atoms with E-state index in [2.05, 4.69) is 5.32 Å². The van der Waals surface area contributed by atoms with Crippen molar-refractivity contribution < 1.29 is 17.6 Å². The molecule has 0 aliphatic carbocycles. The molecule has 0 aromatic carbocycles. The zero-order chi connectivity index (χ0) is 10.6. The predicted octanol–water partition coefficient (Wildman–Crippen LogP) is 1.80. The number of halogens is 3. The average molecular weight is 204 g/mol.